The van der Waals surface area contributed by atoms with Gasteiger partial charge in [-0.2, -0.15) is 4.98 Å². The van der Waals surface area contributed by atoms with Crippen molar-refractivity contribution in [2.45, 2.75) is 59.0 Å². The topological polar surface area (TPSA) is 53.1 Å². The second-order valence-corrected chi connectivity index (χ2v) is 5.40. The zero-order valence-electron chi connectivity index (χ0n) is 12.4. The zero-order valence-corrected chi connectivity index (χ0v) is 12.4. The molecule has 5 nitrogen and oxygen atoms in total. The molecule has 1 aliphatic rings. The first kappa shape index (κ1) is 14.1. The van der Waals surface area contributed by atoms with Gasteiger partial charge >= 0.3 is 0 Å². The third kappa shape index (κ3) is 3.35. The number of aryl methyl sites for hydroxylation is 1. The molecule has 1 aliphatic heterocycles. The summed E-state index contributed by atoms with van der Waals surface area (Å²) in [4.78, 5) is 8.83. The van der Waals surface area contributed by atoms with E-state index in [1.807, 2.05) is 20.0 Å². The van der Waals surface area contributed by atoms with Crippen molar-refractivity contribution in [1.29, 1.82) is 0 Å². The lowest BCUT2D eigenvalue weighted by molar-refractivity contribution is 0.135. The number of piperidine rings is 1. The predicted molar refractivity (Wildman–Crippen MR) is 79.2 cm³/mol. The van der Waals surface area contributed by atoms with Crippen LogP contribution < -0.4 is 10.7 Å². The molecule has 2 rings (SSSR count). The number of nitrogens with zero attached hydrogens (tertiary/aromatic N) is 3. The summed E-state index contributed by atoms with van der Waals surface area (Å²) in [6, 6.07) is 1.08. The molecule has 2 unspecified atom stereocenters. The van der Waals surface area contributed by atoms with Crippen LogP contribution in [-0.4, -0.2) is 33.6 Å². The van der Waals surface area contributed by atoms with Crippen LogP contribution in [0, 0.1) is 6.92 Å². The molecule has 19 heavy (non-hydrogen) atoms. The molecule has 0 aliphatic carbocycles. The summed E-state index contributed by atoms with van der Waals surface area (Å²) in [6.07, 6.45) is 5.65. The molecule has 1 aromatic rings. The highest BCUT2D eigenvalue weighted by atomic mass is 15.5. The average molecular weight is 263 g/mol. The summed E-state index contributed by atoms with van der Waals surface area (Å²) < 4.78 is 0. The van der Waals surface area contributed by atoms with E-state index in [9.17, 15) is 0 Å². The van der Waals surface area contributed by atoms with Crippen LogP contribution in [0.3, 0.4) is 0 Å². The van der Waals surface area contributed by atoms with Gasteiger partial charge in [0, 0.05) is 30.4 Å². The Morgan fingerprint density at radius 3 is 2.63 bits per heavy atom. The van der Waals surface area contributed by atoms with Crippen LogP contribution in [0.2, 0.25) is 0 Å². The first-order valence-electron chi connectivity index (χ1n) is 7.24. The highest BCUT2D eigenvalue weighted by Crippen LogP contribution is 2.24. The van der Waals surface area contributed by atoms with Gasteiger partial charge in [0.2, 0.25) is 5.95 Å². The van der Waals surface area contributed by atoms with Gasteiger partial charge in [0.15, 0.2) is 0 Å². The average Bonchev–Trinajstić information content (AvgIpc) is 2.38. The molecule has 106 valence electrons. The van der Waals surface area contributed by atoms with Gasteiger partial charge in [-0.3, -0.25) is 0 Å². The van der Waals surface area contributed by atoms with Crippen molar-refractivity contribution in [2.75, 3.05) is 17.3 Å². The van der Waals surface area contributed by atoms with Gasteiger partial charge in [0.1, 0.15) is 5.82 Å². The molecular formula is C14H25N5. The van der Waals surface area contributed by atoms with Gasteiger partial charge in [-0.05, 0) is 40.5 Å². The van der Waals surface area contributed by atoms with Gasteiger partial charge in [-0.25, -0.2) is 9.99 Å². The summed E-state index contributed by atoms with van der Waals surface area (Å²) >= 11 is 0. The molecule has 1 aromatic heterocycles. The lowest BCUT2D eigenvalue weighted by Crippen LogP contribution is -2.47. The molecule has 2 heterocycles. The van der Waals surface area contributed by atoms with E-state index in [4.69, 9.17) is 0 Å². The van der Waals surface area contributed by atoms with Crippen molar-refractivity contribution in [3.63, 3.8) is 0 Å². The van der Waals surface area contributed by atoms with Crippen LogP contribution in [-0.2, 0) is 0 Å². The summed E-state index contributed by atoms with van der Waals surface area (Å²) in [5.74, 6) is 1.60. The van der Waals surface area contributed by atoms with E-state index in [1.165, 1.54) is 19.3 Å². The smallest absolute Gasteiger partial charge is 0.224 e. The zero-order chi connectivity index (χ0) is 13.8. The Balaban J connectivity index is 2.14. The minimum atomic E-state index is 0.542. The fourth-order valence-electron chi connectivity index (χ4n) is 2.56. The van der Waals surface area contributed by atoms with Crippen LogP contribution in [0.25, 0.3) is 0 Å². The van der Waals surface area contributed by atoms with E-state index in [2.05, 4.69) is 39.6 Å². The molecular weight excluding hydrogens is 238 g/mol. The lowest BCUT2D eigenvalue weighted by Gasteiger charge is -2.39. The molecule has 0 bridgehead atoms. The summed E-state index contributed by atoms with van der Waals surface area (Å²) in [5, 5.41) is 5.48. The maximum Gasteiger partial charge on any atom is 0.224 e. The Morgan fingerprint density at radius 2 is 2.00 bits per heavy atom. The molecule has 0 aromatic carbocycles. The van der Waals surface area contributed by atoms with Crippen molar-refractivity contribution in [3.8, 4) is 0 Å². The van der Waals surface area contributed by atoms with Gasteiger partial charge in [-0.15, -0.1) is 0 Å². The summed E-state index contributed by atoms with van der Waals surface area (Å²) in [6.45, 7) is 9.45. The number of hydrazine groups is 1. The van der Waals surface area contributed by atoms with E-state index < -0.39 is 0 Å². The van der Waals surface area contributed by atoms with E-state index in [1.54, 1.807) is 0 Å². The predicted octanol–water partition coefficient (Wildman–Crippen LogP) is 2.81. The van der Waals surface area contributed by atoms with Crippen LogP contribution in [0.15, 0.2) is 6.20 Å². The van der Waals surface area contributed by atoms with E-state index in [0.717, 1.165) is 17.9 Å². The Bertz CT molecular complexity index is 410. The summed E-state index contributed by atoms with van der Waals surface area (Å²) in [5.41, 5.74) is 4.57. The van der Waals surface area contributed by atoms with E-state index in [0.29, 0.717) is 18.0 Å². The molecule has 1 fully saturated rings. The highest BCUT2D eigenvalue weighted by molar-refractivity contribution is 5.45. The Morgan fingerprint density at radius 1 is 1.32 bits per heavy atom. The highest BCUT2D eigenvalue weighted by Gasteiger charge is 2.25. The fourth-order valence-corrected chi connectivity index (χ4v) is 2.56. The van der Waals surface area contributed by atoms with Crippen molar-refractivity contribution in [2.24, 2.45) is 0 Å². The SMILES string of the molecule is CCNc1ncc(C)c(NN2C(C)CCCC2C)n1. The number of anilines is 2. The van der Waals surface area contributed by atoms with E-state index >= 15 is 0 Å². The third-order valence-corrected chi connectivity index (χ3v) is 3.74. The third-order valence-electron chi connectivity index (χ3n) is 3.74. The van der Waals surface area contributed by atoms with Gasteiger partial charge in [0.25, 0.3) is 0 Å². The normalized spacial score (nSPS) is 24.2. The number of hydrogen-bond donors (Lipinski definition) is 2. The molecule has 2 N–H and O–H groups in total. The maximum atomic E-state index is 4.55. The fraction of sp³-hybridized carbons (Fsp3) is 0.714. The second-order valence-electron chi connectivity index (χ2n) is 5.40. The minimum absolute atomic E-state index is 0.542. The standard InChI is InChI=1S/C14H25N5/c1-5-15-14-16-9-10(2)13(17-14)18-19-11(3)7-6-8-12(19)4/h9,11-12H,5-8H2,1-4H3,(H2,15,16,17,18). The first-order valence-corrected chi connectivity index (χ1v) is 7.24. The quantitative estimate of drug-likeness (QED) is 0.875. The molecule has 1 saturated heterocycles. The molecule has 5 heteroatoms. The Labute approximate surface area is 115 Å². The van der Waals surface area contributed by atoms with Crippen LogP contribution in [0.5, 0.6) is 0 Å². The Hall–Kier alpha value is -1.36. The van der Waals surface area contributed by atoms with Crippen molar-refractivity contribution < 1.29 is 0 Å². The van der Waals surface area contributed by atoms with Crippen molar-refractivity contribution in [3.05, 3.63) is 11.8 Å². The monoisotopic (exact) mass is 263 g/mol. The molecule has 0 amide bonds. The molecule has 0 radical (unpaired) electrons. The second kappa shape index (κ2) is 6.19. The number of nitrogens with one attached hydrogen (secondary N) is 2. The van der Waals surface area contributed by atoms with Gasteiger partial charge in [-0.1, -0.05) is 6.42 Å². The lowest BCUT2D eigenvalue weighted by atomic mass is 10.00. The Kier molecular flexibility index (Phi) is 4.58. The number of aromatic nitrogens is 2. The molecule has 2 atom stereocenters. The van der Waals surface area contributed by atoms with Crippen molar-refractivity contribution in [1.82, 2.24) is 15.0 Å². The first-order chi connectivity index (χ1) is 9.11. The maximum absolute atomic E-state index is 4.55. The van der Waals surface area contributed by atoms with Crippen LogP contribution in [0.1, 0.15) is 45.6 Å². The van der Waals surface area contributed by atoms with Crippen LogP contribution >= 0.6 is 0 Å². The number of rotatable bonds is 4. The largest absolute Gasteiger partial charge is 0.354 e. The summed E-state index contributed by atoms with van der Waals surface area (Å²) in [7, 11) is 0. The van der Waals surface area contributed by atoms with Gasteiger partial charge < -0.3 is 10.7 Å². The van der Waals surface area contributed by atoms with E-state index in [-0.39, 0.29) is 0 Å². The molecule has 0 spiro atoms. The number of hydrogen-bond acceptors (Lipinski definition) is 5. The van der Waals surface area contributed by atoms with Crippen molar-refractivity contribution >= 4 is 11.8 Å². The van der Waals surface area contributed by atoms with Crippen LogP contribution in [0.4, 0.5) is 11.8 Å². The molecule has 0 saturated carbocycles. The minimum Gasteiger partial charge on any atom is -0.354 e. The van der Waals surface area contributed by atoms with Gasteiger partial charge in [0.05, 0.1) is 0 Å².